The Hall–Kier alpha value is -3.58. The zero-order valence-corrected chi connectivity index (χ0v) is 17.1. The fourth-order valence-electron chi connectivity index (χ4n) is 2.88. The summed E-state index contributed by atoms with van der Waals surface area (Å²) in [5.74, 6) is 0.910. The van der Waals surface area contributed by atoms with Crippen molar-refractivity contribution < 1.29 is 18.7 Å². The number of fused-ring (bicyclic) bond motifs is 1. The first-order valence-electron chi connectivity index (χ1n) is 9.12. The van der Waals surface area contributed by atoms with Gasteiger partial charge in [-0.05, 0) is 43.3 Å². The average Bonchev–Trinajstić information content (AvgIpc) is 3.17. The number of anilines is 1. The molecular weight excluding hydrogens is 406 g/mol. The third-order valence-corrected chi connectivity index (χ3v) is 4.61. The molecular formula is C22H18ClN3O4. The predicted molar refractivity (Wildman–Crippen MR) is 114 cm³/mol. The lowest BCUT2D eigenvalue weighted by Crippen LogP contribution is -2.20. The smallest absolute Gasteiger partial charge is 0.262 e. The summed E-state index contributed by atoms with van der Waals surface area (Å²) in [6.07, 6.45) is 1.63. The number of halogens is 1. The Kier molecular flexibility index (Phi) is 5.54. The summed E-state index contributed by atoms with van der Waals surface area (Å²) in [5.41, 5.74) is 3.10. The van der Waals surface area contributed by atoms with Crippen LogP contribution in [0.5, 0.6) is 11.5 Å². The van der Waals surface area contributed by atoms with Crippen molar-refractivity contribution in [3.63, 3.8) is 0 Å². The molecule has 4 rings (SSSR count). The zero-order valence-electron chi connectivity index (χ0n) is 16.3. The highest BCUT2D eigenvalue weighted by Gasteiger charge is 2.17. The summed E-state index contributed by atoms with van der Waals surface area (Å²) in [5, 5.41) is 3.07. The molecule has 0 radical (unpaired) electrons. The number of nitrogens with zero attached hydrogens (tertiary/aromatic N) is 2. The van der Waals surface area contributed by atoms with E-state index < -0.39 is 0 Å². The molecule has 0 fully saturated rings. The molecule has 1 amide bonds. The van der Waals surface area contributed by atoms with Gasteiger partial charge in [0.1, 0.15) is 5.75 Å². The van der Waals surface area contributed by atoms with Crippen molar-refractivity contribution in [2.75, 3.05) is 19.0 Å². The van der Waals surface area contributed by atoms with Gasteiger partial charge in [0.2, 0.25) is 5.89 Å². The topological polar surface area (TPSA) is 86.5 Å². The predicted octanol–water partition coefficient (Wildman–Crippen LogP) is 4.88. The zero-order chi connectivity index (χ0) is 21.1. The molecule has 0 atom stereocenters. The number of methoxy groups -OCH3 is 1. The molecule has 0 saturated carbocycles. The van der Waals surface area contributed by atoms with E-state index in [4.69, 9.17) is 25.5 Å². The Morgan fingerprint density at radius 2 is 2.00 bits per heavy atom. The van der Waals surface area contributed by atoms with Gasteiger partial charge in [-0.1, -0.05) is 29.3 Å². The second-order valence-corrected chi connectivity index (χ2v) is 6.94. The monoisotopic (exact) mass is 423 g/mol. The van der Waals surface area contributed by atoms with Crippen LogP contribution in [0.1, 0.15) is 5.56 Å². The van der Waals surface area contributed by atoms with E-state index in [-0.39, 0.29) is 12.5 Å². The molecule has 1 N–H and O–H groups in total. The average molecular weight is 424 g/mol. The number of hydrogen-bond donors (Lipinski definition) is 1. The van der Waals surface area contributed by atoms with Crippen LogP contribution in [0, 0.1) is 6.92 Å². The van der Waals surface area contributed by atoms with Gasteiger partial charge in [-0.15, -0.1) is 0 Å². The van der Waals surface area contributed by atoms with Crippen LogP contribution in [0.2, 0.25) is 5.02 Å². The van der Waals surface area contributed by atoms with Crippen LogP contribution in [-0.2, 0) is 4.79 Å². The number of benzene rings is 2. The van der Waals surface area contributed by atoms with Gasteiger partial charge >= 0.3 is 0 Å². The summed E-state index contributed by atoms with van der Waals surface area (Å²) in [6.45, 7) is 1.81. The maximum atomic E-state index is 12.4. The minimum absolute atomic E-state index is 0.166. The molecule has 30 heavy (non-hydrogen) atoms. The number of nitrogens with one attached hydrogen (secondary N) is 1. The highest BCUT2D eigenvalue weighted by atomic mass is 35.5. The van der Waals surface area contributed by atoms with Crippen molar-refractivity contribution in [3.05, 3.63) is 65.3 Å². The SMILES string of the molecule is COc1c(Cl)cc(-c2nc3ncccc3o2)cc1NC(=O)COc1ccc(C)cc1. The Balaban J connectivity index is 1.56. The summed E-state index contributed by atoms with van der Waals surface area (Å²) in [4.78, 5) is 21.0. The molecule has 0 saturated heterocycles. The second-order valence-electron chi connectivity index (χ2n) is 6.53. The first kappa shape index (κ1) is 19.7. The molecule has 0 aliphatic heterocycles. The number of carbonyl (C=O) groups excluding carboxylic acids is 1. The number of ether oxygens (including phenoxy) is 2. The standard InChI is InChI=1S/C22H18ClN3O4/c1-13-5-7-15(8-6-13)29-12-19(27)25-17-11-14(10-16(23)20(17)28-2)22-26-21-18(30-22)4-3-9-24-21/h3-11H,12H2,1-2H3,(H,25,27). The summed E-state index contributed by atoms with van der Waals surface area (Å²) >= 11 is 6.36. The first-order chi connectivity index (χ1) is 14.5. The molecule has 2 aromatic heterocycles. The Morgan fingerprint density at radius 1 is 1.20 bits per heavy atom. The number of amides is 1. The molecule has 0 bridgehead atoms. The minimum Gasteiger partial charge on any atom is -0.493 e. The number of rotatable bonds is 6. The van der Waals surface area contributed by atoms with Crippen LogP contribution in [0.4, 0.5) is 5.69 Å². The molecule has 2 aromatic carbocycles. The number of carbonyl (C=O) groups is 1. The summed E-state index contributed by atoms with van der Waals surface area (Å²) in [6, 6.07) is 14.3. The third-order valence-electron chi connectivity index (χ3n) is 4.32. The summed E-state index contributed by atoms with van der Waals surface area (Å²) in [7, 11) is 1.47. The van der Waals surface area contributed by atoms with Gasteiger partial charge in [0, 0.05) is 11.8 Å². The highest BCUT2D eigenvalue weighted by molar-refractivity contribution is 6.33. The van der Waals surface area contributed by atoms with Gasteiger partial charge < -0.3 is 19.2 Å². The Bertz CT molecular complexity index is 1170. The molecule has 7 nitrogen and oxygen atoms in total. The van der Waals surface area contributed by atoms with Crippen molar-refractivity contribution in [2.24, 2.45) is 0 Å². The number of hydrogen-bond acceptors (Lipinski definition) is 6. The van der Waals surface area contributed by atoms with E-state index in [0.29, 0.717) is 44.9 Å². The molecule has 2 heterocycles. The Morgan fingerprint density at radius 3 is 2.73 bits per heavy atom. The van der Waals surface area contributed by atoms with Gasteiger partial charge in [-0.3, -0.25) is 4.79 Å². The summed E-state index contributed by atoms with van der Waals surface area (Å²) < 4.78 is 16.6. The minimum atomic E-state index is -0.360. The van der Waals surface area contributed by atoms with Crippen molar-refractivity contribution >= 4 is 34.4 Å². The van der Waals surface area contributed by atoms with E-state index >= 15 is 0 Å². The maximum Gasteiger partial charge on any atom is 0.262 e. The van der Waals surface area contributed by atoms with Gasteiger partial charge in [0.25, 0.3) is 5.91 Å². The number of aromatic nitrogens is 2. The lowest BCUT2D eigenvalue weighted by atomic mass is 10.1. The molecule has 0 spiro atoms. The molecule has 8 heteroatoms. The quantitative estimate of drug-likeness (QED) is 0.475. The second kappa shape index (κ2) is 8.42. The highest BCUT2D eigenvalue weighted by Crippen LogP contribution is 2.38. The number of oxazole rings is 1. The molecule has 0 aliphatic carbocycles. The van der Waals surface area contributed by atoms with E-state index in [1.165, 1.54) is 7.11 Å². The molecule has 0 unspecified atom stereocenters. The van der Waals surface area contributed by atoms with E-state index in [1.54, 1.807) is 30.5 Å². The van der Waals surface area contributed by atoms with Gasteiger partial charge in [-0.2, -0.15) is 4.98 Å². The van der Waals surface area contributed by atoms with Gasteiger partial charge in [-0.25, -0.2) is 4.98 Å². The van der Waals surface area contributed by atoms with Crippen LogP contribution in [-0.4, -0.2) is 29.6 Å². The number of pyridine rings is 1. The van der Waals surface area contributed by atoms with Crippen LogP contribution < -0.4 is 14.8 Å². The normalized spacial score (nSPS) is 10.8. The van der Waals surface area contributed by atoms with Crippen LogP contribution in [0.15, 0.2) is 59.1 Å². The molecule has 0 aliphatic rings. The lowest BCUT2D eigenvalue weighted by molar-refractivity contribution is -0.118. The van der Waals surface area contributed by atoms with Gasteiger partial charge in [0.05, 0.1) is 17.8 Å². The molecule has 152 valence electrons. The molecule has 4 aromatic rings. The Labute approximate surface area is 177 Å². The van der Waals surface area contributed by atoms with Crippen molar-refractivity contribution in [1.82, 2.24) is 9.97 Å². The van der Waals surface area contributed by atoms with E-state index in [0.717, 1.165) is 5.56 Å². The lowest BCUT2D eigenvalue weighted by Gasteiger charge is -2.13. The van der Waals surface area contributed by atoms with Crippen molar-refractivity contribution in [2.45, 2.75) is 6.92 Å². The van der Waals surface area contributed by atoms with E-state index in [9.17, 15) is 4.79 Å². The van der Waals surface area contributed by atoms with Crippen LogP contribution in [0.25, 0.3) is 22.7 Å². The fourth-order valence-corrected chi connectivity index (χ4v) is 3.18. The van der Waals surface area contributed by atoms with Gasteiger partial charge in [0.15, 0.2) is 23.6 Å². The van der Waals surface area contributed by atoms with E-state index in [2.05, 4.69) is 15.3 Å². The van der Waals surface area contributed by atoms with Crippen LogP contribution >= 0.6 is 11.6 Å². The van der Waals surface area contributed by atoms with E-state index in [1.807, 2.05) is 31.2 Å². The fraction of sp³-hybridized carbons (Fsp3) is 0.136. The first-order valence-corrected chi connectivity index (χ1v) is 9.50. The maximum absolute atomic E-state index is 12.4. The third kappa shape index (κ3) is 4.21. The van der Waals surface area contributed by atoms with Crippen molar-refractivity contribution in [1.29, 1.82) is 0 Å². The van der Waals surface area contributed by atoms with Crippen LogP contribution in [0.3, 0.4) is 0 Å². The number of aryl methyl sites for hydroxylation is 1. The van der Waals surface area contributed by atoms with Crippen molar-refractivity contribution in [3.8, 4) is 23.0 Å². The largest absolute Gasteiger partial charge is 0.493 e.